The van der Waals surface area contributed by atoms with E-state index in [-0.39, 0.29) is 28.4 Å². The van der Waals surface area contributed by atoms with E-state index in [9.17, 15) is 21.6 Å². The Hall–Kier alpha value is -2.39. The van der Waals surface area contributed by atoms with Gasteiger partial charge in [-0.05, 0) is 48.9 Å². The quantitative estimate of drug-likeness (QED) is 0.808. The fraction of sp³-hybridized carbons (Fsp3) is 0.278. The van der Waals surface area contributed by atoms with Gasteiger partial charge in [-0.1, -0.05) is 6.07 Å². The summed E-state index contributed by atoms with van der Waals surface area (Å²) in [6.45, 7) is 0. The number of rotatable bonds is 5. The Labute approximate surface area is 158 Å². The summed E-state index contributed by atoms with van der Waals surface area (Å²) in [5.41, 5.74) is 0.712. The minimum absolute atomic E-state index is 0.0491. The molecule has 1 amide bonds. The molecule has 1 atom stereocenters. The van der Waals surface area contributed by atoms with Crippen molar-refractivity contribution in [3.05, 3.63) is 54.1 Å². The molecular formula is C18H19NO6S2. The van der Waals surface area contributed by atoms with Gasteiger partial charge in [-0.15, -0.1) is 0 Å². The highest BCUT2D eigenvalue weighted by atomic mass is 32.2. The van der Waals surface area contributed by atoms with E-state index in [2.05, 4.69) is 5.32 Å². The van der Waals surface area contributed by atoms with Gasteiger partial charge in [-0.2, -0.15) is 0 Å². The minimum atomic E-state index is -3.82. The van der Waals surface area contributed by atoms with Gasteiger partial charge in [0.2, 0.25) is 0 Å². The molecule has 2 aromatic rings. The number of benzene rings is 2. The van der Waals surface area contributed by atoms with Gasteiger partial charge in [0.25, 0.3) is 5.91 Å². The average Bonchev–Trinajstić information content (AvgIpc) is 3.03. The number of sulfone groups is 2. The lowest BCUT2D eigenvalue weighted by atomic mass is 10.2. The van der Waals surface area contributed by atoms with Crippen LogP contribution in [0, 0.1) is 0 Å². The molecule has 0 aromatic heterocycles. The van der Waals surface area contributed by atoms with Crippen LogP contribution in [0.3, 0.4) is 0 Å². The standard InChI is InChI=1S/C18H19NO6S2/c1-25-15-7-5-14(6-8-15)19-18(20)13-3-2-4-16(11-13)27(23,24)17-9-10-26(21,22)12-17/h2-8,11,17H,9-10,12H2,1H3,(H,19,20)/t17-/m0/s1. The van der Waals surface area contributed by atoms with E-state index in [4.69, 9.17) is 4.74 Å². The SMILES string of the molecule is COc1ccc(NC(=O)c2cccc(S(=O)(=O)[C@H]3CCS(=O)(=O)C3)c2)cc1. The van der Waals surface area contributed by atoms with Crippen molar-refractivity contribution in [3.8, 4) is 5.75 Å². The topological polar surface area (TPSA) is 107 Å². The molecule has 7 nitrogen and oxygen atoms in total. The Bertz CT molecular complexity index is 1060. The van der Waals surface area contributed by atoms with Crippen LogP contribution in [-0.2, 0) is 19.7 Å². The minimum Gasteiger partial charge on any atom is -0.497 e. The molecule has 1 aliphatic rings. The summed E-state index contributed by atoms with van der Waals surface area (Å²) in [5, 5.41) is 1.72. The number of ether oxygens (including phenoxy) is 1. The molecular weight excluding hydrogens is 390 g/mol. The molecule has 3 rings (SSSR count). The Kier molecular flexibility index (Phi) is 5.25. The second-order valence-corrected chi connectivity index (χ2v) is 10.7. The largest absolute Gasteiger partial charge is 0.497 e. The van der Waals surface area contributed by atoms with Crippen molar-refractivity contribution in [1.82, 2.24) is 0 Å². The lowest BCUT2D eigenvalue weighted by molar-refractivity contribution is 0.102. The van der Waals surface area contributed by atoms with Gasteiger partial charge in [0.15, 0.2) is 19.7 Å². The van der Waals surface area contributed by atoms with Gasteiger partial charge in [-0.3, -0.25) is 4.79 Å². The van der Waals surface area contributed by atoms with E-state index in [1.54, 1.807) is 24.3 Å². The summed E-state index contributed by atoms with van der Waals surface area (Å²) >= 11 is 0. The molecule has 0 bridgehead atoms. The number of nitrogens with one attached hydrogen (secondary N) is 1. The molecule has 1 aliphatic heterocycles. The van der Waals surface area contributed by atoms with Gasteiger partial charge < -0.3 is 10.1 Å². The zero-order valence-electron chi connectivity index (χ0n) is 14.6. The first kappa shape index (κ1) is 19.4. The molecule has 0 aliphatic carbocycles. The third-order valence-corrected chi connectivity index (χ3v) is 8.57. The van der Waals surface area contributed by atoms with Crippen molar-refractivity contribution in [2.24, 2.45) is 0 Å². The van der Waals surface area contributed by atoms with Gasteiger partial charge in [0, 0.05) is 11.3 Å². The van der Waals surface area contributed by atoms with Gasteiger partial charge in [0.05, 0.1) is 28.8 Å². The Morgan fingerprint density at radius 2 is 1.85 bits per heavy atom. The van der Waals surface area contributed by atoms with Gasteiger partial charge >= 0.3 is 0 Å². The highest BCUT2D eigenvalue weighted by Crippen LogP contribution is 2.26. The highest BCUT2D eigenvalue weighted by molar-refractivity contribution is 7.96. The maximum absolute atomic E-state index is 12.7. The molecule has 1 fully saturated rings. The molecule has 1 saturated heterocycles. The Morgan fingerprint density at radius 3 is 2.44 bits per heavy atom. The summed E-state index contributed by atoms with van der Waals surface area (Å²) in [4.78, 5) is 12.4. The van der Waals surface area contributed by atoms with Crippen molar-refractivity contribution in [3.63, 3.8) is 0 Å². The fourth-order valence-electron chi connectivity index (χ4n) is 2.89. The number of hydrogen-bond donors (Lipinski definition) is 1. The zero-order chi connectivity index (χ0) is 19.7. The summed E-state index contributed by atoms with van der Waals surface area (Å²) in [6, 6.07) is 12.3. The van der Waals surface area contributed by atoms with E-state index >= 15 is 0 Å². The number of amides is 1. The number of hydrogen-bond acceptors (Lipinski definition) is 6. The second kappa shape index (κ2) is 7.32. The summed E-state index contributed by atoms with van der Waals surface area (Å²) in [5.74, 6) is -0.324. The molecule has 0 radical (unpaired) electrons. The molecule has 27 heavy (non-hydrogen) atoms. The van der Waals surface area contributed by atoms with E-state index in [1.165, 1.54) is 31.4 Å². The maximum atomic E-state index is 12.7. The average molecular weight is 409 g/mol. The zero-order valence-corrected chi connectivity index (χ0v) is 16.2. The van der Waals surface area contributed by atoms with E-state index in [1.807, 2.05) is 0 Å². The summed E-state index contributed by atoms with van der Waals surface area (Å²) in [7, 11) is -5.61. The number of carbonyl (C=O) groups excluding carboxylic acids is 1. The smallest absolute Gasteiger partial charge is 0.255 e. The second-order valence-electron chi connectivity index (χ2n) is 6.28. The van der Waals surface area contributed by atoms with Crippen LogP contribution in [0.4, 0.5) is 5.69 Å². The van der Waals surface area contributed by atoms with Crippen LogP contribution in [0.15, 0.2) is 53.4 Å². The Balaban J connectivity index is 1.81. The van der Waals surface area contributed by atoms with Crippen LogP contribution in [0.25, 0.3) is 0 Å². The van der Waals surface area contributed by atoms with Crippen molar-refractivity contribution >= 4 is 31.3 Å². The lowest BCUT2D eigenvalue weighted by Crippen LogP contribution is -2.23. The van der Waals surface area contributed by atoms with Crippen molar-refractivity contribution in [2.45, 2.75) is 16.6 Å². The number of methoxy groups -OCH3 is 1. The first-order chi connectivity index (χ1) is 12.7. The van der Waals surface area contributed by atoms with Crippen LogP contribution in [0.2, 0.25) is 0 Å². The molecule has 1 heterocycles. The number of carbonyl (C=O) groups is 1. The molecule has 144 valence electrons. The van der Waals surface area contributed by atoms with Crippen LogP contribution < -0.4 is 10.1 Å². The third-order valence-electron chi connectivity index (χ3n) is 4.40. The van der Waals surface area contributed by atoms with E-state index < -0.39 is 30.8 Å². The van der Waals surface area contributed by atoms with Gasteiger partial charge in [-0.25, -0.2) is 16.8 Å². The monoisotopic (exact) mass is 409 g/mol. The van der Waals surface area contributed by atoms with Crippen LogP contribution in [0.5, 0.6) is 5.75 Å². The first-order valence-electron chi connectivity index (χ1n) is 8.21. The Morgan fingerprint density at radius 1 is 1.15 bits per heavy atom. The first-order valence-corrected chi connectivity index (χ1v) is 11.6. The van der Waals surface area contributed by atoms with Crippen molar-refractivity contribution < 1.29 is 26.4 Å². The summed E-state index contributed by atoms with van der Waals surface area (Å²) < 4.78 is 53.7. The van der Waals surface area contributed by atoms with Crippen LogP contribution in [0.1, 0.15) is 16.8 Å². The fourth-order valence-corrected chi connectivity index (χ4v) is 7.29. The highest BCUT2D eigenvalue weighted by Gasteiger charge is 2.38. The van der Waals surface area contributed by atoms with E-state index in [0.717, 1.165) is 0 Å². The summed E-state index contributed by atoms with van der Waals surface area (Å²) in [6.07, 6.45) is 0.0763. The predicted octanol–water partition coefficient (Wildman–Crippen LogP) is 1.91. The molecule has 0 saturated carbocycles. The molecule has 1 N–H and O–H groups in total. The maximum Gasteiger partial charge on any atom is 0.255 e. The van der Waals surface area contributed by atoms with Crippen LogP contribution in [-0.4, -0.2) is 46.6 Å². The van der Waals surface area contributed by atoms with E-state index in [0.29, 0.717) is 11.4 Å². The van der Waals surface area contributed by atoms with Crippen molar-refractivity contribution in [2.75, 3.05) is 23.9 Å². The molecule has 0 spiro atoms. The predicted molar refractivity (Wildman–Crippen MR) is 102 cm³/mol. The lowest BCUT2D eigenvalue weighted by Gasteiger charge is -2.12. The third kappa shape index (κ3) is 4.30. The molecule has 2 aromatic carbocycles. The van der Waals surface area contributed by atoms with Crippen molar-refractivity contribution in [1.29, 1.82) is 0 Å². The number of anilines is 1. The normalized spacial score (nSPS) is 18.8. The molecule has 0 unspecified atom stereocenters. The van der Waals surface area contributed by atoms with Crippen LogP contribution >= 0.6 is 0 Å². The van der Waals surface area contributed by atoms with Gasteiger partial charge in [0.1, 0.15) is 5.75 Å². The molecule has 9 heteroatoms.